The highest BCUT2D eigenvalue weighted by Crippen LogP contribution is 2.28. The summed E-state index contributed by atoms with van der Waals surface area (Å²) in [5.74, 6) is 0.767. The van der Waals surface area contributed by atoms with Crippen LogP contribution in [-0.4, -0.2) is 29.9 Å². The van der Waals surface area contributed by atoms with E-state index in [2.05, 4.69) is 4.98 Å². The molecule has 15 heavy (non-hydrogen) atoms. The number of methoxy groups -OCH3 is 1. The Hall–Kier alpha value is -1.13. The van der Waals surface area contributed by atoms with Gasteiger partial charge in [-0.25, -0.2) is 0 Å². The summed E-state index contributed by atoms with van der Waals surface area (Å²) in [6.07, 6.45) is 2.62. The summed E-state index contributed by atoms with van der Waals surface area (Å²) < 4.78 is 10.7. The Bertz CT molecular complexity index is 329. The van der Waals surface area contributed by atoms with Crippen LogP contribution in [-0.2, 0) is 4.74 Å². The van der Waals surface area contributed by atoms with E-state index in [1.807, 2.05) is 6.07 Å². The highest BCUT2D eigenvalue weighted by atomic mass is 16.5. The SMILES string of the molecule is COc1ccnc(C2CC(O)CCO2)c1. The van der Waals surface area contributed by atoms with Crippen LogP contribution < -0.4 is 4.74 Å². The maximum atomic E-state index is 9.53. The molecule has 0 aromatic carbocycles. The molecule has 1 aromatic rings. The van der Waals surface area contributed by atoms with Gasteiger partial charge in [-0.3, -0.25) is 4.98 Å². The molecule has 0 aliphatic carbocycles. The van der Waals surface area contributed by atoms with Crippen LogP contribution in [0.2, 0.25) is 0 Å². The van der Waals surface area contributed by atoms with E-state index in [4.69, 9.17) is 9.47 Å². The van der Waals surface area contributed by atoms with Crippen molar-refractivity contribution in [3.05, 3.63) is 24.0 Å². The third-order valence-electron chi connectivity index (χ3n) is 2.57. The molecule has 1 saturated heterocycles. The zero-order chi connectivity index (χ0) is 10.7. The summed E-state index contributed by atoms with van der Waals surface area (Å²) in [5, 5.41) is 9.53. The monoisotopic (exact) mass is 209 g/mol. The molecule has 1 aromatic heterocycles. The minimum atomic E-state index is -0.281. The van der Waals surface area contributed by atoms with Gasteiger partial charge in [0.25, 0.3) is 0 Å². The Morgan fingerprint density at radius 3 is 3.20 bits per heavy atom. The van der Waals surface area contributed by atoms with Crippen molar-refractivity contribution in [2.75, 3.05) is 13.7 Å². The Labute approximate surface area is 88.9 Å². The summed E-state index contributed by atoms with van der Waals surface area (Å²) in [6.45, 7) is 0.588. The molecule has 1 aliphatic heterocycles. The fourth-order valence-corrected chi connectivity index (χ4v) is 1.72. The smallest absolute Gasteiger partial charge is 0.122 e. The Kier molecular flexibility index (Phi) is 3.18. The molecular formula is C11H15NO3. The van der Waals surface area contributed by atoms with E-state index in [9.17, 15) is 5.11 Å². The second-order valence-corrected chi connectivity index (χ2v) is 3.66. The highest BCUT2D eigenvalue weighted by molar-refractivity contribution is 5.24. The molecule has 4 heteroatoms. The number of hydrogen-bond acceptors (Lipinski definition) is 4. The number of ether oxygens (including phenoxy) is 2. The van der Waals surface area contributed by atoms with Gasteiger partial charge in [-0.15, -0.1) is 0 Å². The van der Waals surface area contributed by atoms with Crippen LogP contribution in [0.3, 0.4) is 0 Å². The zero-order valence-electron chi connectivity index (χ0n) is 8.72. The first-order valence-electron chi connectivity index (χ1n) is 5.09. The van der Waals surface area contributed by atoms with Crippen LogP contribution in [0.15, 0.2) is 18.3 Å². The van der Waals surface area contributed by atoms with Crippen LogP contribution in [0.1, 0.15) is 24.6 Å². The second kappa shape index (κ2) is 4.59. The molecule has 0 bridgehead atoms. The lowest BCUT2D eigenvalue weighted by Crippen LogP contribution is -2.23. The fraction of sp³-hybridized carbons (Fsp3) is 0.545. The molecule has 0 saturated carbocycles. The average molecular weight is 209 g/mol. The van der Waals surface area contributed by atoms with Crippen molar-refractivity contribution in [1.82, 2.24) is 4.98 Å². The molecule has 4 nitrogen and oxygen atoms in total. The molecule has 0 spiro atoms. The number of aliphatic hydroxyl groups is 1. The van der Waals surface area contributed by atoms with Crippen molar-refractivity contribution in [3.63, 3.8) is 0 Å². The maximum Gasteiger partial charge on any atom is 0.122 e. The molecule has 2 heterocycles. The average Bonchev–Trinajstić information content (AvgIpc) is 2.29. The van der Waals surface area contributed by atoms with Crippen molar-refractivity contribution in [2.45, 2.75) is 25.0 Å². The topological polar surface area (TPSA) is 51.6 Å². The van der Waals surface area contributed by atoms with Gasteiger partial charge in [-0.2, -0.15) is 0 Å². The third-order valence-corrected chi connectivity index (χ3v) is 2.57. The summed E-state index contributed by atoms with van der Waals surface area (Å²) >= 11 is 0. The predicted octanol–water partition coefficient (Wildman–Crippen LogP) is 1.30. The summed E-state index contributed by atoms with van der Waals surface area (Å²) in [4.78, 5) is 4.23. The van der Waals surface area contributed by atoms with Crippen LogP contribution in [0.5, 0.6) is 5.75 Å². The lowest BCUT2D eigenvalue weighted by Gasteiger charge is -2.26. The van der Waals surface area contributed by atoms with E-state index in [0.717, 1.165) is 11.4 Å². The molecule has 2 atom stereocenters. The van der Waals surface area contributed by atoms with E-state index in [0.29, 0.717) is 19.4 Å². The number of hydrogen-bond donors (Lipinski definition) is 1. The molecule has 2 rings (SSSR count). The molecule has 0 radical (unpaired) electrons. The summed E-state index contributed by atoms with van der Waals surface area (Å²) in [5.41, 5.74) is 0.827. The van der Waals surface area contributed by atoms with Crippen LogP contribution >= 0.6 is 0 Å². The molecule has 1 fully saturated rings. The number of rotatable bonds is 2. The largest absolute Gasteiger partial charge is 0.497 e. The molecule has 0 amide bonds. The first-order chi connectivity index (χ1) is 7.29. The standard InChI is InChI=1S/C11H15NO3/c1-14-9-2-4-12-10(7-9)11-6-8(13)3-5-15-11/h2,4,7-8,11,13H,3,5-6H2,1H3. The second-order valence-electron chi connectivity index (χ2n) is 3.66. The van der Waals surface area contributed by atoms with Crippen molar-refractivity contribution in [1.29, 1.82) is 0 Å². The molecule has 1 N–H and O–H groups in total. The predicted molar refractivity (Wildman–Crippen MR) is 54.7 cm³/mol. The Morgan fingerprint density at radius 2 is 2.47 bits per heavy atom. The maximum absolute atomic E-state index is 9.53. The lowest BCUT2D eigenvalue weighted by atomic mass is 10.0. The van der Waals surface area contributed by atoms with E-state index in [1.165, 1.54) is 0 Å². The van der Waals surface area contributed by atoms with Crippen molar-refractivity contribution < 1.29 is 14.6 Å². The van der Waals surface area contributed by atoms with E-state index >= 15 is 0 Å². The molecular weight excluding hydrogens is 194 g/mol. The normalized spacial score (nSPS) is 26.3. The van der Waals surface area contributed by atoms with E-state index in [1.54, 1.807) is 19.4 Å². The minimum Gasteiger partial charge on any atom is -0.497 e. The van der Waals surface area contributed by atoms with Crippen molar-refractivity contribution in [3.8, 4) is 5.75 Å². The highest BCUT2D eigenvalue weighted by Gasteiger charge is 2.23. The number of pyridine rings is 1. The first kappa shape index (κ1) is 10.4. The van der Waals surface area contributed by atoms with Crippen LogP contribution in [0.4, 0.5) is 0 Å². The molecule has 1 aliphatic rings. The van der Waals surface area contributed by atoms with Gasteiger partial charge in [0.05, 0.1) is 18.9 Å². The lowest BCUT2D eigenvalue weighted by molar-refractivity contribution is -0.0467. The van der Waals surface area contributed by atoms with Crippen molar-refractivity contribution in [2.24, 2.45) is 0 Å². The molecule has 2 unspecified atom stereocenters. The van der Waals surface area contributed by atoms with Gasteiger partial charge in [0.2, 0.25) is 0 Å². The summed E-state index contributed by atoms with van der Waals surface area (Å²) in [6, 6.07) is 3.64. The van der Waals surface area contributed by atoms with Crippen molar-refractivity contribution >= 4 is 0 Å². The summed E-state index contributed by atoms with van der Waals surface area (Å²) in [7, 11) is 1.62. The van der Waals surface area contributed by atoms with Gasteiger partial charge in [0, 0.05) is 25.3 Å². The van der Waals surface area contributed by atoms with E-state index in [-0.39, 0.29) is 12.2 Å². The zero-order valence-corrected chi connectivity index (χ0v) is 8.72. The van der Waals surface area contributed by atoms with Gasteiger partial charge in [0.15, 0.2) is 0 Å². The van der Waals surface area contributed by atoms with Crippen LogP contribution in [0, 0.1) is 0 Å². The van der Waals surface area contributed by atoms with Crippen LogP contribution in [0.25, 0.3) is 0 Å². The van der Waals surface area contributed by atoms with Gasteiger partial charge in [-0.1, -0.05) is 0 Å². The van der Waals surface area contributed by atoms with Gasteiger partial charge in [0.1, 0.15) is 11.9 Å². The minimum absolute atomic E-state index is 0.108. The third kappa shape index (κ3) is 2.46. The van der Waals surface area contributed by atoms with E-state index < -0.39 is 0 Å². The van der Waals surface area contributed by atoms with Gasteiger partial charge in [-0.05, 0) is 12.5 Å². The Balaban J connectivity index is 2.13. The van der Waals surface area contributed by atoms with Gasteiger partial charge < -0.3 is 14.6 Å². The van der Waals surface area contributed by atoms with Gasteiger partial charge >= 0.3 is 0 Å². The molecule has 82 valence electrons. The Morgan fingerprint density at radius 1 is 1.60 bits per heavy atom. The number of nitrogens with zero attached hydrogens (tertiary/aromatic N) is 1. The first-order valence-corrected chi connectivity index (χ1v) is 5.09. The fourth-order valence-electron chi connectivity index (χ4n) is 1.72. The number of aromatic nitrogens is 1. The quantitative estimate of drug-likeness (QED) is 0.797. The number of aliphatic hydroxyl groups excluding tert-OH is 1.